The lowest BCUT2D eigenvalue weighted by atomic mass is 9.98. The molecule has 37 heavy (non-hydrogen) atoms. The summed E-state index contributed by atoms with van der Waals surface area (Å²) in [6.45, 7) is 6.06. The average molecular weight is 506 g/mol. The fraction of sp³-hybridized carbons (Fsp3) is 0.345. The van der Waals surface area contributed by atoms with Crippen LogP contribution in [0.15, 0.2) is 60.8 Å². The highest BCUT2D eigenvalue weighted by molar-refractivity contribution is 5.98. The summed E-state index contributed by atoms with van der Waals surface area (Å²) < 4.78 is 20.0. The number of ether oxygens (including phenoxy) is 1. The van der Waals surface area contributed by atoms with Gasteiger partial charge in [0.05, 0.1) is 19.2 Å². The molecular weight excluding hydrogens is 473 g/mol. The van der Waals surface area contributed by atoms with E-state index in [4.69, 9.17) is 4.74 Å². The molecule has 8 heteroatoms. The number of pyridine rings is 1. The smallest absolute Gasteiger partial charge is 0.259 e. The minimum absolute atomic E-state index is 0.180. The molecule has 0 bridgehead atoms. The predicted octanol–water partition coefficient (Wildman–Crippen LogP) is 4.19. The molecular formula is C29H32FN3O4. The normalized spacial score (nSPS) is 18.3. The number of aromatic nitrogens is 1. The van der Waals surface area contributed by atoms with Crippen molar-refractivity contribution in [2.24, 2.45) is 5.92 Å². The van der Waals surface area contributed by atoms with E-state index >= 15 is 0 Å². The second kappa shape index (κ2) is 11.1. The molecule has 194 valence electrons. The van der Waals surface area contributed by atoms with E-state index in [0.717, 1.165) is 16.7 Å². The molecule has 0 spiro atoms. The van der Waals surface area contributed by atoms with Gasteiger partial charge in [-0.1, -0.05) is 42.8 Å². The number of likely N-dealkylation sites (N-methyl/N-ethyl adjacent to an activating group) is 1. The summed E-state index contributed by atoms with van der Waals surface area (Å²) in [4.78, 5) is 34.2. The van der Waals surface area contributed by atoms with Gasteiger partial charge < -0.3 is 19.6 Å². The van der Waals surface area contributed by atoms with Crippen LogP contribution in [0.1, 0.15) is 40.1 Å². The second-order valence-electron chi connectivity index (χ2n) is 9.76. The van der Waals surface area contributed by atoms with Gasteiger partial charge in [0.25, 0.3) is 11.8 Å². The first-order chi connectivity index (χ1) is 17.7. The van der Waals surface area contributed by atoms with E-state index in [9.17, 15) is 19.1 Å². The monoisotopic (exact) mass is 505 g/mol. The maximum Gasteiger partial charge on any atom is 0.259 e. The minimum Gasteiger partial charge on any atom is -0.472 e. The zero-order valence-corrected chi connectivity index (χ0v) is 21.5. The van der Waals surface area contributed by atoms with Crippen LogP contribution in [-0.2, 0) is 0 Å². The first-order valence-electron chi connectivity index (χ1n) is 12.3. The van der Waals surface area contributed by atoms with Crippen LogP contribution in [0.25, 0.3) is 11.1 Å². The van der Waals surface area contributed by atoms with Gasteiger partial charge in [0.15, 0.2) is 0 Å². The number of aryl methyl sites for hydroxylation is 1. The molecule has 4 rings (SSSR count). The maximum absolute atomic E-state index is 13.7. The van der Waals surface area contributed by atoms with Gasteiger partial charge in [-0.3, -0.25) is 9.59 Å². The van der Waals surface area contributed by atoms with E-state index < -0.39 is 18.0 Å². The Balaban J connectivity index is 1.68. The second-order valence-corrected chi connectivity index (χ2v) is 9.76. The summed E-state index contributed by atoms with van der Waals surface area (Å²) in [6, 6.07) is 14.8. The van der Waals surface area contributed by atoms with Crippen LogP contribution in [0.3, 0.4) is 0 Å². The van der Waals surface area contributed by atoms with Crippen LogP contribution in [0.4, 0.5) is 4.39 Å². The summed E-state index contributed by atoms with van der Waals surface area (Å²) in [6.07, 6.45) is 1.17. The lowest BCUT2D eigenvalue weighted by Gasteiger charge is -2.37. The molecule has 0 radical (unpaired) electrons. The third-order valence-corrected chi connectivity index (χ3v) is 6.78. The molecule has 2 amide bonds. The quantitative estimate of drug-likeness (QED) is 0.543. The number of benzene rings is 2. The van der Waals surface area contributed by atoms with Crippen LogP contribution < -0.4 is 4.74 Å². The number of halogens is 1. The number of carbonyl (C=O) groups excluding carboxylic acids is 2. The SMILES string of the molecule is Cc1ccc(-c2cnc3c(c2)C(=O)N([C@H](C)CO)C[C@H](C)[C@H](CN(C)C(=O)c2cccc(F)c2)O3)cc1. The van der Waals surface area contributed by atoms with E-state index in [1.54, 1.807) is 37.2 Å². The Kier molecular flexibility index (Phi) is 7.88. The van der Waals surface area contributed by atoms with Crippen molar-refractivity contribution in [1.82, 2.24) is 14.8 Å². The van der Waals surface area contributed by atoms with E-state index in [2.05, 4.69) is 4.98 Å². The average Bonchev–Trinajstić information content (AvgIpc) is 2.90. The fourth-order valence-electron chi connectivity index (χ4n) is 4.42. The molecule has 1 aliphatic rings. The number of nitrogens with zero attached hydrogens (tertiary/aromatic N) is 3. The van der Waals surface area contributed by atoms with Crippen LogP contribution in [-0.4, -0.2) is 70.6 Å². The number of aliphatic hydroxyl groups is 1. The molecule has 2 aromatic carbocycles. The van der Waals surface area contributed by atoms with Crippen LogP contribution in [0.2, 0.25) is 0 Å². The third kappa shape index (κ3) is 5.80. The van der Waals surface area contributed by atoms with Crippen LogP contribution >= 0.6 is 0 Å². The summed E-state index contributed by atoms with van der Waals surface area (Å²) in [5.41, 5.74) is 3.36. The van der Waals surface area contributed by atoms with Crippen LogP contribution in [0, 0.1) is 18.7 Å². The molecule has 0 saturated heterocycles. The zero-order chi connectivity index (χ0) is 26.7. The highest BCUT2D eigenvalue weighted by atomic mass is 19.1. The number of aliphatic hydroxyl groups excluding tert-OH is 1. The van der Waals surface area contributed by atoms with E-state index in [1.807, 2.05) is 38.1 Å². The Labute approximate surface area is 216 Å². The van der Waals surface area contributed by atoms with Gasteiger partial charge in [0.1, 0.15) is 17.5 Å². The van der Waals surface area contributed by atoms with Gasteiger partial charge in [0.2, 0.25) is 5.88 Å². The minimum atomic E-state index is -0.500. The van der Waals surface area contributed by atoms with Crippen molar-refractivity contribution in [3.05, 3.63) is 83.3 Å². The van der Waals surface area contributed by atoms with Crippen molar-refractivity contribution >= 4 is 11.8 Å². The summed E-state index contributed by atoms with van der Waals surface area (Å²) in [7, 11) is 1.64. The fourth-order valence-corrected chi connectivity index (χ4v) is 4.42. The highest BCUT2D eigenvalue weighted by Crippen LogP contribution is 2.30. The lowest BCUT2D eigenvalue weighted by Crippen LogP contribution is -2.50. The Morgan fingerprint density at radius 1 is 1.22 bits per heavy atom. The topological polar surface area (TPSA) is 83.0 Å². The molecule has 0 saturated carbocycles. The number of fused-ring (bicyclic) bond motifs is 1. The van der Waals surface area contributed by atoms with Gasteiger partial charge in [-0.05, 0) is 43.7 Å². The zero-order valence-electron chi connectivity index (χ0n) is 21.5. The van der Waals surface area contributed by atoms with Gasteiger partial charge in [-0.2, -0.15) is 0 Å². The standard InChI is InChI=1S/C29H32FN3O4/c1-18-8-10-21(11-9-18)23-13-25-27(31-14-23)37-26(19(2)15-33(29(25)36)20(3)17-34)16-32(4)28(35)22-6-5-7-24(30)12-22/h5-14,19-20,26,34H,15-17H2,1-4H3/t19-,20+,26-/m0/s1. The molecule has 1 aliphatic heterocycles. The Morgan fingerprint density at radius 2 is 1.95 bits per heavy atom. The molecule has 0 fully saturated rings. The molecule has 3 atom stereocenters. The predicted molar refractivity (Wildman–Crippen MR) is 139 cm³/mol. The van der Waals surface area contributed by atoms with E-state index in [-0.39, 0.29) is 42.3 Å². The number of amides is 2. The van der Waals surface area contributed by atoms with Gasteiger partial charge in [-0.25, -0.2) is 9.37 Å². The first kappa shape index (κ1) is 26.3. The molecule has 7 nitrogen and oxygen atoms in total. The van der Waals surface area contributed by atoms with Crippen LogP contribution in [0.5, 0.6) is 5.88 Å². The number of carbonyl (C=O) groups is 2. The highest BCUT2D eigenvalue weighted by Gasteiger charge is 2.35. The van der Waals surface area contributed by atoms with Gasteiger partial charge in [0, 0.05) is 36.8 Å². The van der Waals surface area contributed by atoms with Crippen molar-refractivity contribution in [2.75, 3.05) is 26.7 Å². The number of hydrogen-bond donors (Lipinski definition) is 1. The van der Waals surface area contributed by atoms with Crippen molar-refractivity contribution in [3.63, 3.8) is 0 Å². The molecule has 0 aliphatic carbocycles. The summed E-state index contributed by atoms with van der Waals surface area (Å²) in [5.74, 6) is -1.10. The Hall–Kier alpha value is -3.78. The van der Waals surface area contributed by atoms with Crippen molar-refractivity contribution < 1.29 is 23.8 Å². The Morgan fingerprint density at radius 3 is 2.62 bits per heavy atom. The number of hydrogen-bond acceptors (Lipinski definition) is 5. The van der Waals surface area contributed by atoms with Gasteiger partial charge >= 0.3 is 0 Å². The third-order valence-electron chi connectivity index (χ3n) is 6.78. The van der Waals surface area contributed by atoms with E-state index in [0.29, 0.717) is 12.1 Å². The van der Waals surface area contributed by atoms with Crippen molar-refractivity contribution in [1.29, 1.82) is 0 Å². The van der Waals surface area contributed by atoms with E-state index in [1.165, 1.54) is 23.1 Å². The van der Waals surface area contributed by atoms with Gasteiger partial charge in [-0.15, -0.1) is 0 Å². The molecule has 1 N–H and O–H groups in total. The summed E-state index contributed by atoms with van der Waals surface area (Å²) >= 11 is 0. The number of rotatable bonds is 6. The first-order valence-corrected chi connectivity index (χ1v) is 12.3. The van der Waals surface area contributed by atoms with Crippen molar-refractivity contribution in [3.8, 4) is 17.0 Å². The molecule has 0 unspecified atom stereocenters. The molecule has 1 aromatic heterocycles. The molecule has 3 aromatic rings. The largest absolute Gasteiger partial charge is 0.472 e. The van der Waals surface area contributed by atoms with Crippen molar-refractivity contribution in [2.45, 2.75) is 32.9 Å². The Bertz CT molecular complexity index is 1280. The molecule has 2 heterocycles. The lowest BCUT2D eigenvalue weighted by molar-refractivity contribution is 0.0313. The maximum atomic E-state index is 13.7. The summed E-state index contributed by atoms with van der Waals surface area (Å²) in [5, 5.41) is 9.87.